The molecule has 0 heterocycles. The molecule has 0 aliphatic rings. The van der Waals surface area contributed by atoms with E-state index >= 15 is 0 Å². The van der Waals surface area contributed by atoms with Gasteiger partial charge in [-0.1, -0.05) is 44.2 Å². The van der Waals surface area contributed by atoms with Gasteiger partial charge in [-0.25, -0.2) is 8.42 Å². The van der Waals surface area contributed by atoms with E-state index in [0.717, 1.165) is 5.56 Å². The molecule has 0 aliphatic heterocycles. The summed E-state index contributed by atoms with van der Waals surface area (Å²) >= 11 is 0. The quantitative estimate of drug-likeness (QED) is 0.629. The number of aliphatic hydroxyl groups is 1. The molecule has 2 rings (SSSR count). The molecular formula is C21H23NO5S. The molecule has 0 amide bonds. The number of hydrogen-bond donors (Lipinski definition) is 2. The van der Waals surface area contributed by atoms with Crippen molar-refractivity contribution in [2.45, 2.75) is 25.2 Å². The van der Waals surface area contributed by atoms with Crippen LogP contribution in [0.1, 0.15) is 25.0 Å². The number of ketones is 2. The fourth-order valence-electron chi connectivity index (χ4n) is 2.34. The van der Waals surface area contributed by atoms with Gasteiger partial charge < -0.3 is 5.11 Å². The van der Waals surface area contributed by atoms with Crippen LogP contribution in [0.25, 0.3) is 6.08 Å². The van der Waals surface area contributed by atoms with Crippen LogP contribution >= 0.6 is 0 Å². The van der Waals surface area contributed by atoms with Gasteiger partial charge in [0.05, 0.1) is 4.90 Å². The van der Waals surface area contributed by atoms with Gasteiger partial charge in [0.1, 0.15) is 12.4 Å². The molecule has 2 aromatic carbocycles. The molecular weight excluding hydrogens is 378 g/mol. The standard InChI is InChI=1S/C21H23NO5S/c1-15(2)21(25)13-17-6-9-18(10-7-17)22-28(26,27)20-5-3-4-16(12-20)8-11-19(24)14-23/h3-12,15,22-23H,13-14H2,1-2H3/b11-8+. The molecule has 0 bridgehead atoms. The predicted octanol–water partition coefficient (Wildman–Crippen LogP) is 2.83. The molecule has 0 unspecified atom stereocenters. The summed E-state index contributed by atoms with van der Waals surface area (Å²) in [5.74, 6) is -0.396. The molecule has 0 aliphatic carbocycles. The first-order valence-corrected chi connectivity index (χ1v) is 10.3. The van der Waals surface area contributed by atoms with Crippen LogP contribution in [0.15, 0.2) is 59.5 Å². The Balaban J connectivity index is 2.14. The summed E-state index contributed by atoms with van der Waals surface area (Å²) in [6.07, 6.45) is 2.94. The fraction of sp³-hybridized carbons (Fsp3) is 0.238. The second-order valence-electron chi connectivity index (χ2n) is 6.63. The van der Waals surface area contributed by atoms with Gasteiger partial charge in [0.25, 0.3) is 10.0 Å². The van der Waals surface area contributed by atoms with Crippen LogP contribution in [0.4, 0.5) is 5.69 Å². The Morgan fingerprint density at radius 3 is 2.39 bits per heavy atom. The van der Waals surface area contributed by atoms with E-state index in [0.29, 0.717) is 17.7 Å². The highest BCUT2D eigenvalue weighted by atomic mass is 32.2. The highest BCUT2D eigenvalue weighted by Crippen LogP contribution is 2.19. The number of benzene rings is 2. The van der Waals surface area contributed by atoms with Crippen molar-refractivity contribution >= 4 is 33.4 Å². The molecule has 0 saturated heterocycles. The van der Waals surface area contributed by atoms with Gasteiger partial charge in [-0.3, -0.25) is 14.3 Å². The minimum absolute atomic E-state index is 0.0464. The number of carbonyl (C=O) groups excluding carboxylic acids is 2. The Bertz CT molecular complexity index is 976. The molecule has 2 aromatic rings. The van der Waals surface area contributed by atoms with E-state index in [1.54, 1.807) is 36.4 Å². The number of aliphatic hydroxyl groups excluding tert-OH is 1. The molecule has 148 valence electrons. The normalized spacial score (nSPS) is 11.7. The third-order valence-corrected chi connectivity index (χ3v) is 5.39. The molecule has 0 saturated carbocycles. The number of sulfonamides is 1. The average Bonchev–Trinajstić information content (AvgIpc) is 2.67. The number of nitrogens with one attached hydrogen (secondary N) is 1. The van der Waals surface area contributed by atoms with E-state index < -0.39 is 22.4 Å². The molecule has 0 fully saturated rings. The van der Waals surface area contributed by atoms with Crippen molar-refractivity contribution in [3.8, 4) is 0 Å². The fourth-order valence-corrected chi connectivity index (χ4v) is 3.45. The first-order valence-electron chi connectivity index (χ1n) is 8.77. The third kappa shape index (κ3) is 6.14. The lowest BCUT2D eigenvalue weighted by Gasteiger charge is -2.10. The number of rotatable bonds is 9. The average molecular weight is 401 g/mol. The zero-order chi connectivity index (χ0) is 20.7. The predicted molar refractivity (Wildman–Crippen MR) is 108 cm³/mol. The van der Waals surface area contributed by atoms with E-state index in [2.05, 4.69) is 4.72 Å². The van der Waals surface area contributed by atoms with E-state index in [1.807, 2.05) is 13.8 Å². The lowest BCUT2D eigenvalue weighted by Crippen LogP contribution is -2.13. The minimum Gasteiger partial charge on any atom is -0.388 e. The van der Waals surface area contributed by atoms with Crippen molar-refractivity contribution in [2.24, 2.45) is 5.92 Å². The summed E-state index contributed by atoms with van der Waals surface area (Å²) in [7, 11) is -3.81. The van der Waals surface area contributed by atoms with Crippen LogP contribution < -0.4 is 4.72 Å². The molecule has 6 nitrogen and oxygen atoms in total. The number of hydrogen-bond acceptors (Lipinski definition) is 5. The first-order chi connectivity index (χ1) is 13.2. The highest BCUT2D eigenvalue weighted by Gasteiger charge is 2.15. The van der Waals surface area contributed by atoms with Crippen LogP contribution in [-0.4, -0.2) is 31.7 Å². The Morgan fingerprint density at radius 1 is 1.11 bits per heavy atom. The smallest absolute Gasteiger partial charge is 0.261 e. The van der Waals surface area contributed by atoms with Gasteiger partial charge in [-0.2, -0.15) is 0 Å². The summed E-state index contributed by atoms with van der Waals surface area (Å²) in [4.78, 5) is 23.0. The largest absolute Gasteiger partial charge is 0.388 e. The number of Topliss-reactive ketones (excluding diaryl/α,β-unsaturated/α-hetero) is 1. The van der Waals surface area contributed by atoms with Crippen molar-refractivity contribution in [1.82, 2.24) is 0 Å². The molecule has 7 heteroatoms. The van der Waals surface area contributed by atoms with Gasteiger partial charge in [0.15, 0.2) is 5.78 Å². The van der Waals surface area contributed by atoms with Gasteiger partial charge >= 0.3 is 0 Å². The van der Waals surface area contributed by atoms with Crippen LogP contribution in [-0.2, 0) is 26.0 Å². The van der Waals surface area contributed by atoms with Crippen LogP contribution in [0.5, 0.6) is 0 Å². The van der Waals surface area contributed by atoms with E-state index in [-0.39, 0.29) is 16.6 Å². The Hall–Kier alpha value is -2.77. The molecule has 2 N–H and O–H groups in total. The zero-order valence-electron chi connectivity index (χ0n) is 15.8. The second kappa shape index (κ2) is 9.43. The highest BCUT2D eigenvalue weighted by molar-refractivity contribution is 7.92. The van der Waals surface area contributed by atoms with Crippen LogP contribution in [0.2, 0.25) is 0 Å². The lowest BCUT2D eigenvalue weighted by molar-refractivity contribution is -0.121. The Kier molecular flexibility index (Phi) is 7.25. The van der Waals surface area contributed by atoms with E-state index in [1.165, 1.54) is 24.3 Å². The first kappa shape index (κ1) is 21.5. The second-order valence-corrected chi connectivity index (χ2v) is 8.31. The topological polar surface area (TPSA) is 101 Å². The molecule has 0 atom stereocenters. The minimum atomic E-state index is -3.81. The molecule has 0 aromatic heterocycles. The maximum Gasteiger partial charge on any atom is 0.261 e. The third-order valence-electron chi connectivity index (χ3n) is 4.01. The van der Waals surface area contributed by atoms with Crippen LogP contribution in [0.3, 0.4) is 0 Å². The SMILES string of the molecule is CC(C)C(=O)Cc1ccc(NS(=O)(=O)c2cccc(/C=C/C(=O)CO)c2)cc1. The van der Waals surface area contributed by atoms with Crippen molar-refractivity contribution in [3.63, 3.8) is 0 Å². The van der Waals surface area contributed by atoms with E-state index in [4.69, 9.17) is 5.11 Å². The summed E-state index contributed by atoms with van der Waals surface area (Å²) < 4.78 is 27.7. The molecule has 0 spiro atoms. The van der Waals surface area contributed by atoms with Crippen molar-refractivity contribution < 1.29 is 23.1 Å². The summed E-state index contributed by atoms with van der Waals surface area (Å²) in [6.45, 7) is 3.08. The zero-order valence-corrected chi connectivity index (χ0v) is 16.6. The maximum absolute atomic E-state index is 12.6. The number of carbonyl (C=O) groups is 2. The van der Waals surface area contributed by atoms with Gasteiger partial charge in [-0.05, 0) is 41.5 Å². The monoisotopic (exact) mass is 401 g/mol. The van der Waals surface area contributed by atoms with Crippen molar-refractivity contribution in [2.75, 3.05) is 11.3 Å². The molecule has 28 heavy (non-hydrogen) atoms. The van der Waals surface area contributed by atoms with Gasteiger partial charge in [0.2, 0.25) is 0 Å². The maximum atomic E-state index is 12.6. The summed E-state index contributed by atoms with van der Waals surface area (Å²) in [5, 5.41) is 8.73. The van der Waals surface area contributed by atoms with Crippen LogP contribution in [0, 0.1) is 5.92 Å². The van der Waals surface area contributed by atoms with E-state index in [9.17, 15) is 18.0 Å². The van der Waals surface area contributed by atoms with Gasteiger partial charge in [-0.15, -0.1) is 0 Å². The van der Waals surface area contributed by atoms with Crippen molar-refractivity contribution in [3.05, 3.63) is 65.7 Å². The summed E-state index contributed by atoms with van der Waals surface area (Å²) in [6, 6.07) is 12.8. The van der Waals surface area contributed by atoms with Gasteiger partial charge in [0, 0.05) is 18.0 Å². The summed E-state index contributed by atoms with van der Waals surface area (Å²) in [5.41, 5.74) is 1.73. The lowest BCUT2D eigenvalue weighted by atomic mass is 10.0. The Labute approximate surface area is 165 Å². The number of anilines is 1. The van der Waals surface area contributed by atoms with Crippen molar-refractivity contribution in [1.29, 1.82) is 0 Å². The Morgan fingerprint density at radius 2 is 1.79 bits per heavy atom. The molecule has 0 radical (unpaired) electrons.